The van der Waals surface area contributed by atoms with Crippen LogP contribution in [0.5, 0.6) is 0 Å². The molecule has 0 rings (SSSR count). The molecule has 0 aliphatic carbocycles. The normalized spacial score (nSPS) is 7.78. The monoisotopic (exact) mass is 135 g/mol. The number of alkyl carbamates (subject to hydrolysis) is 1. The van der Waals surface area contributed by atoms with Crippen LogP contribution in [0.1, 0.15) is 0 Å². The van der Waals surface area contributed by atoms with E-state index >= 15 is 0 Å². The van der Waals surface area contributed by atoms with Gasteiger partial charge in [-0.25, -0.2) is 14.9 Å². The summed E-state index contributed by atoms with van der Waals surface area (Å²) in [5.41, 5.74) is 0. The van der Waals surface area contributed by atoms with Crippen LogP contribution < -0.4 is 5.32 Å². The first-order valence-electron chi connectivity index (χ1n) is 1.91. The summed E-state index contributed by atoms with van der Waals surface area (Å²) < 4.78 is 3.96. The largest absolute Gasteiger partial charge is 0.453 e. The van der Waals surface area contributed by atoms with Crippen molar-refractivity contribution in [2.75, 3.05) is 7.11 Å². The fourth-order valence-corrected chi connectivity index (χ4v) is 0.157. The van der Waals surface area contributed by atoms with Crippen LogP contribution in [0, 0.1) is 0 Å². The molecule has 9 heavy (non-hydrogen) atoms. The van der Waals surface area contributed by atoms with Crippen molar-refractivity contribution in [1.82, 2.24) is 5.32 Å². The lowest BCUT2D eigenvalue weighted by Crippen LogP contribution is -2.29. The molecule has 0 heterocycles. The van der Waals surface area contributed by atoms with Gasteiger partial charge >= 0.3 is 12.2 Å². The molecule has 0 aromatic carbocycles. The minimum Gasteiger partial charge on any atom is -0.453 e. The van der Waals surface area contributed by atoms with Crippen molar-refractivity contribution in [2.45, 2.75) is 0 Å². The zero-order valence-electron chi connectivity index (χ0n) is 4.58. The zero-order chi connectivity index (χ0) is 7.28. The molecular formula is C3H5NO5. The Morgan fingerprint density at radius 1 is 1.44 bits per heavy atom. The lowest BCUT2D eigenvalue weighted by molar-refractivity contribution is -0.177. The number of hydrogen-bond donors (Lipinski definition) is 2. The Morgan fingerprint density at radius 2 is 2.00 bits per heavy atom. The smallest absolute Gasteiger partial charge is 0.447 e. The predicted molar refractivity (Wildman–Crippen MR) is 24.7 cm³/mol. The average molecular weight is 135 g/mol. The van der Waals surface area contributed by atoms with Gasteiger partial charge in [-0.05, 0) is 0 Å². The second-order valence-electron chi connectivity index (χ2n) is 0.995. The Hall–Kier alpha value is -1.30. The van der Waals surface area contributed by atoms with Gasteiger partial charge < -0.3 is 4.74 Å². The Kier molecular flexibility index (Phi) is 3.14. The fourth-order valence-electron chi connectivity index (χ4n) is 0.157. The van der Waals surface area contributed by atoms with E-state index in [2.05, 4.69) is 9.62 Å². The molecule has 0 aliphatic heterocycles. The van der Waals surface area contributed by atoms with Crippen molar-refractivity contribution in [2.24, 2.45) is 0 Å². The van der Waals surface area contributed by atoms with E-state index in [-0.39, 0.29) is 0 Å². The summed E-state index contributed by atoms with van der Waals surface area (Å²) in [5, 5.41) is 9.07. The quantitative estimate of drug-likeness (QED) is 0.359. The first-order valence-corrected chi connectivity index (χ1v) is 1.91. The number of amides is 2. The van der Waals surface area contributed by atoms with E-state index in [9.17, 15) is 9.59 Å². The summed E-state index contributed by atoms with van der Waals surface area (Å²) >= 11 is 0. The second kappa shape index (κ2) is 3.67. The molecule has 0 unspecified atom stereocenters. The molecule has 0 saturated carbocycles. The summed E-state index contributed by atoms with van der Waals surface area (Å²) in [7, 11) is 1.07. The highest BCUT2D eigenvalue weighted by molar-refractivity contribution is 5.86. The van der Waals surface area contributed by atoms with E-state index < -0.39 is 12.2 Å². The summed E-state index contributed by atoms with van der Waals surface area (Å²) in [6.07, 6.45) is -2.27. The third-order valence-corrected chi connectivity index (χ3v) is 0.472. The average Bonchev–Trinajstić information content (AvgIpc) is 1.87. The van der Waals surface area contributed by atoms with Gasteiger partial charge in [0.25, 0.3) is 0 Å². The third kappa shape index (κ3) is 3.30. The number of ether oxygens (including phenoxy) is 1. The molecule has 0 fully saturated rings. The minimum atomic E-state index is -1.28. The van der Waals surface area contributed by atoms with Crippen molar-refractivity contribution in [3.8, 4) is 0 Å². The van der Waals surface area contributed by atoms with Gasteiger partial charge in [0.05, 0.1) is 7.11 Å². The van der Waals surface area contributed by atoms with Crippen molar-refractivity contribution in [3.63, 3.8) is 0 Å². The van der Waals surface area contributed by atoms with Crippen LogP contribution >= 0.6 is 0 Å². The van der Waals surface area contributed by atoms with Gasteiger partial charge in [-0.3, -0.25) is 4.89 Å². The molecule has 0 aliphatic rings. The standard InChI is InChI=1S/C3H5NO5/c1-8-2(5)4-3(6)9-7/h7H,1H3,(H,4,5,6). The fraction of sp³-hybridized carbons (Fsp3) is 0.333. The third-order valence-electron chi connectivity index (χ3n) is 0.472. The van der Waals surface area contributed by atoms with Gasteiger partial charge in [-0.2, -0.15) is 5.26 Å². The van der Waals surface area contributed by atoms with E-state index in [0.717, 1.165) is 7.11 Å². The van der Waals surface area contributed by atoms with Gasteiger partial charge in [-0.15, -0.1) is 0 Å². The summed E-state index contributed by atoms with van der Waals surface area (Å²) in [4.78, 5) is 23.0. The van der Waals surface area contributed by atoms with Crippen LogP contribution in [-0.4, -0.2) is 24.6 Å². The van der Waals surface area contributed by atoms with Crippen LogP contribution in [0.4, 0.5) is 9.59 Å². The molecule has 6 heteroatoms. The molecule has 2 amide bonds. The van der Waals surface area contributed by atoms with Crippen molar-refractivity contribution in [1.29, 1.82) is 0 Å². The SMILES string of the molecule is COC(=O)NC(=O)OO. The molecule has 0 spiro atoms. The van der Waals surface area contributed by atoms with E-state index in [1.807, 2.05) is 0 Å². The van der Waals surface area contributed by atoms with Crippen molar-refractivity contribution >= 4 is 12.2 Å². The Labute approximate surface area is 50.3 Å². The highest BCUT2D eigenvalue weighted by atomic mass is 17.1. The highest BCUT2D eigenvalue weighted by Gasteiger charge is 2.05. The first kappa shape index (κ1) is 7.70. The topological polar surface area (TPSA) is 84.9 Å². The van der Waals surface area contributed by atoms with Crippen LogP contribution in [0.25, 0.3) is 0 Å². The molecule has 52 valence electrons. The number of nitrogens with one attached hydrogen (secondary N) is 1. The van der Waals surface area contributed by atoms with E-state index in [1.54, 1.807) is 0 Å². The lowest BCUT2D eigenvalue weighted by atomic mass is 11.0. The van der Waals surface area contributed by atoms with Gasteiger partial charge in [0.1, 0.15) is 0 Å². The predicted octanol–water partition coefficient (Wildman–Crippen LogP) is -0.0480. The van der Waals surface area contributed by atoms with Gasteiger partial charge in [0.15, 0.2) is 0 Å². The molecule has 6 nitrogen and oxygen atoms in total. The number of carbonyl (C=O) groups is 2. The molecule has 0 saturated heterocycles. The van der Waals surface area contributed by atoms with Gasteiger partial charge in [0.2, 0.25) is 0 Å². The van der Waals surface area contributed by atoms with Crippen LogP contribution in [0.2, 0.25) is 0 Å². The number of imide groups is 1. The number of rotatable bonds is 0. The van der Waals surface area contributed by atoms with E-state index in [4.69, 9.17) is 5.26 Å². The summed E-state index contributed by atoms with van der Waals surface area (Å²) in [6, 6.07) is 0. The van der Waals surface area contributed by atoms with Gasteiger partial charge in [-0.1, -0.05) is 0 Å². The number of hydrogen-bond acceptors (Lipinski definition) is 5. The molecule has 2 N–H and O–H groups in total. The first-order chi connectivity index (χ1) is 4.20. The molecule has 0 atom stereocenters. The second-order valence-corrected chi connectivity index (χ2v) is 0.995. The van der Waals surface area contributed by atoms with E-state index in [0.29, 0.717) is 0 Å². The Morgan fingerprint density at radius 3 is 2.33 bits per heavy atom. The minimum absolute atomic E-state index is 0.992. The molecular weight excluding hydrogens is 130 g/mol. The highest BCUT2D eigenvalue weighted by Crippen LogP contribution is 1.73. The lowest BCUT2D eigenvalue weighted by Gasteiger charge is -1.96. The number of carbonyl (C=O) groups excluding carboxylic acids is 2. The molecule has 0 bridgehead atoms. The van der Waals surface area contributed by atoms with E-state index in [1.165, 1.54) is 5.32 Å². The van der Waals surface area contributed by atoms with Crippen molar-refractivity contribution in [3.05, 3.63) is 0 Å². The maximum absolute atomic E-state index is 10.0. The summed E-state index contributed by atoms with van der Waals surface area (Å²) in [5.74, 6) is 0. The molecule has 0 aromatic heterocycles. The molecule has 0 radical (unpaired) electrons. The maximum atomic E-state index is 10.0. The Bertz CT molecular complexity index is 107. The Balaban J connectivity index is 3.47. The maximum Gasteiger partial charge on any atom is 0.447 e. The zero-order valence-corrected chi connectivity index (χ0v) is 4.58. The summed E-state index contributed by atoms with van der Waals surface area (Å²) in [6.45, 7) is 0. The van der Waals surface area contributed by atoms with Gasteiger partial charge in [0, 0.05) is 0 Å². The van der Waals surface area contributed by atoms with Crippen LogP contribution in [-0.2, 0) is 9.62 Å². The van der Waals surface area contributed by atoms with Crippen LogP contribution in [0.3, 0.4) is 0 Å². The molecule has 0 aromatic rings. The number of methoxy groups -OCH3 is 1. The van der Waals surface area contributed by atoms with Crippen LogP contribution in [0.15, 0.2) is 0 Å². The van der Waals surface area contributed by atoms with Crippen molar-refractivity contribution < 1.29 is 24.5 Å².